The van der Waals surface area contributed by atoms with Crippen LogP contribution in [0.5, 0.6) is 0 Å². The van der Waals surface area contributed by atoms with E-state index in [9.17, 15) is 4.79 Å². The minimum Gasteiger partial charge on any atom is -0.398 e. The highest BCUT2D eigenvalue weighted by Crippen LogP contribution is 2.24. The maximum atomic E-state index is 12.0. The predicted octanol–water partition coefficient (Wildman–Crippen LogP) is 2.44. The minimum absolute atomic E-state index is 0.251. The summed E-state index contributed by atoms with van der Waals surface area (Å²) >= 11 is 5.95. The molecular weight excluding hydrogens is 264 g/mol. The molecule has 2 rings (SSSR count). The van der Waals surface area contributed by atoms with Gasteiger partial charge in [-0.25, -0.2) is 0 Å². The van der Waals surface area contributed by atoms with Crippen molar-refractivity contribution in [2.45, 2.75) is 0 Å². The number of halogens is 1. The fourth-order valence-electron chi connectivity index (χ4n) is 1.48. The number of nitriles is 1. The van der Waals surface area contributed by atoms with E-state index in [4.69, 9.17) is 22.6 Å². The molecule has 0 aliphatic carbocycles. The van der Waals surface area contributed by atoms with Crippen molar-refractivity contribution in [3.05, 3.63) is 52.8 Å². The van der Waals surface area contributed by atoms with Crippen LogP contribution in [0.3, 0.4) is 0 Å². The second-order valence-electron chi connectivity index (χ2n) is 3.72. The number of hydrogen-bond acceptors (Lipinski definition) is 4. The monoisotopic (exact) mass is 272 g/mol. The van der Waals surface area contributed by atoms with Crippen molar-refractivity contribution in [3.8, 4) is 6.07 Å². The SMILES string of the molecule is N#Cc1ccc(Cl)c(NC(=O)c2cnccc2N)c1. The number of rotatable bonds is 2. The molecule has 6 heteroatoms. The second kappa shape index (κ2) is 5.38. The molecule has 0 radical (unpaired) electrons. The van der Waals surface area contributed by atoms with Crippen LogP contribution in [0.1, 0.15) is 15.9 Å². The summed E-state index contributed by atoms with van der Waals surface area (Å²) in [6.07, 6.45) is 2.86. The maximum Gasteiger partial charge on any atom is 0.259 e. The molecule has 0 spiro atoms. The number of anilines is 2. The van der Waals surface area contributed by atoms with E-state index in [1.165, 1.54) is 24.5 Å². The molecule has 1 aromatic carbocycles. The Morgan fingerprint density at radius 3 is 2.89 bits per heavy atom. The highest BCUT2D eigenvalue weighted by Gasteiger charge is 2.12. The van der Waals surface area contributed by atoms with Gasteiger partial charge in [0.05, 0.1) is 27.9 Å². The van der Waals surface area contributed by atoms with Crippen LogP contribution >= 0.6 is 11.6 Å². The first-order valence-corrected chi connectivity index (χ1v) is 5.70. The number of nitrogens with zero attached hydrogens (tertiary/aromatic N) is 2. The van der Waals surface area contributed by atoms with E-state index in [1.807, 2.05) is 6.07 Å². The largest absolute Gasteiger partial charge is 0.398 e. The normalized spacial score (nSPS) is 9.68. The van der Waals surface area contributed by atoms with Crippen LogP contribution in [0.15, 0.2) is 36.7 Å². The van der Waals surface area contributed by atoms with Gasteiger partial charge in [-0.3, -0.25) is 9.78 Å². The number of pyridine rings is 1. The first-order chi connectivity index (χ1) is 9.11. The van der Waals surface area contributed by atoms with Crippen molar-refractivity contribution in [2.75, 3.05) is 11.1 Å². The first-order valence-electron chi connectivity index (χ1n) is 5.32. The third-order valence-corrected chi connectivity index (χ3v) is 2.77. The zero-order chi connectivity index (χ0) is 13.8. The van der Waals surface area contributed by atoms with Gasteiger partial charge in [0.15, 0.2) is 0 Å². The molecule has 5 nitrogen and oxygen atoms in total. The molecule has 94 valence electrons. The third-order valence-electron chi connectivity index (χ3n) is 2.44. The van der Waals surface area contributed by atoms with E-state index >= 15 is 0 Å². The van der Waals surface area contributed by atoms with Crippen molar-refractivity contribution in [2.24, 2.45) is 0 Å². The Hall–Kier alpha value is -2.58. The van der Waals surface area contributed by atoms with Crippen LogP contribution in [0.25, 0.3) is 0 Å². The Kier molecular flexibility index (Phi) is 3.64. The third kappa shape index (κ3) is 2.81. The lowest BCUT2D eigenvalue weighted by Crippen LogP contribution is -2.14. The fraction of sp³-hybridized carbons (Fsp3) is 0. The van der Waals surface area contributed by atoms with Gasteiger partial charge in [-0.2, -0.15) is 5.26 Å². The van der Waals surface area contributed by atoms with E-state index in [1.54, 1.807) is 12.1 Å². The lowest BCUT2D eigenvalue weighted by atomic mass is 10.2. The van der Waals surface area contributed by atoms with Gasteiger partial charge in [0.2, 0.25) is 0 Å². The number of nitrogens with two attached hydrogens (primary N) is 1. The zero-order valence-corrected chi connectivity index (χ0v) is 10.5. The standard InChI is InChI=1S/C13H9ClN4O/c14-10-2-1-8(6-15)5-12(10)18-13(19)9-7-17-4-3-11(9)16/h1-5,7H,(H2,16,17)(H,18,19). The van der Waals surface area contributed by atoms with Crippen LogP contribution in [0.4, 0.5) is 11.4 Å². The van der Waals surface area contributed by atoms with Crippen LogP contribution in [-0.4, -0.2) is 10.9 Å². The van der Waals surface area contributed by atoms with E-state index < -0.39 is 5.91 Å². The average Bonchev–Trinajstić information content (AvgIpc) is 2.41. The summed E-state index contributed by atoms with van der Waals surface area (Å²) in [4.78, 5) is 15.9. The smallest absolute Gasteiger partial charge is 0.259 e. The predicted molar refractivity (Wildman–Crippen MR) is 72.8 cm³/mol. The molecule has 0 fully saturated rings. The Bertz CT molecular complexity index is 679. The number of aromatic nitrogens is 1. The van der Waals surface area contributed by atoms with Crippen molar-refractivity contribution >= 4 is 28.9 Å². The Morgan fingerprint density at radius 2 is 2.21 bits per heavy atom. The van der Waals surface area contributed by atoms with Gasteiger partial charge >= 0.3 is 0 Å². The van der Waals surface area contributed by atoms with E-state index in [-0.39, 0.29) is 5.56 Å². The fourth-order valence-corrected chi connectivity index (χ4v) is 1.64. The summed E-state index contributed by atoms with van der Waals surface area (Å²) in [6.45, 7) is 0. The van der Waals surface area contributed by atoms with Gasteiger partial charge in [0.1, 0.15) is 0 Å². The van der Waals surface area contributed by atoms with Crippen molar-refractivity contribution < 1.29 is 4.79 Å². The van der Waals surface area contributed by atoms with Gasteiger partial charge in [0, 0.05) is 18.1 Å². The molecule has 0 atom stereocenters. The van der Waals surface area contributed by atoms with Crippen molar-refractivity contribution in [3.63, 3.8) is 0 Å². The zero-order valence-electron chi connectivity index (χ0n) is 9.72. The van der Waals surface area contributed by atoms with Crippen LogP contribution in [0, 0.1) is 11.3 Å². The molecular formula is C13H9ClN4O. The van der Waals surface area contributed by atoms with Gasteiger partial charge in [0.25, 0.3) is 5.91 Å². The molecule has 0 saturated heterocycles. The van der Waals surface area contributed by atoms with Crippen LogP contribution in [0.2, 0.25) is 5.02 Å². The van der Waals surface area contributed by atoms with Crippen molar-refractivity contribution in [1.82, 2.24) is 4.98 Å². The van der Waals surface area contributed by atoms with Crippen molar-refractivity contribution in [1.29, 1.82) is 5.26 Å². The molecule has 1 amide bonds. The summed E-state index contributed by atoms with van der Waals surface area (Å²) in [5.41, 5.74) is 7.01. The lowest BCUT2D eigenvalue weighted by molar-refractivity contribution is 0.102. The summed E-state index contributed by atoms with van der Waals surface area (Å²) in [7, 11) is 0. The second-order valence-corrected chi connectivity index (χ2v) is 4.13. The molecule has 1 aromatic heterocycles. The molecule has 2 aromatic rings. The molecule has 0 unspecified atom stereocenters. The number of carbonyl (C=O) groups is 1. The Morgan fingerprint density at radius 1 is 1.42 bits per heavy atom. The summed E-state index contributed by atoms with van der Waals surface area (Å²) in [6, 6.07) is 8.10. The highest BCUT2D eigenvalue weighted by molar-refractivity contribution is 6.34. The molecule has 0 bridgehead atoms. The Balaban J connectivity index is 2.30. The van der Waals surface area contributed by atoms with E-state index in [0.717, 1.165) is 0 Å². The van der Waals surface area contributed by atoms with Crippen LogP contribution < -0.4 is 11.1 Å². The molecule has 1 heterocycles. The van der Waals surface area contributed by atoms with Gasteiger partial charge in [-0.1, -0.05) is 11.6 Å². The molecule has 3 N–H and O–H groups in total. The Labute approximate surface area is 114 Å². The minimum atomic E-state index is -0.428. The number of amides is 1. The lowest BCUT2D eigenvalue weighted by Gasteiger charge is -2.08. The number of nitrogen functional groups attached to an aromatic ring is 1. The quantitative estimate of drug-likeness (QED) is 0.878. The highest BCUT2D eigenvalue weighted by atomic mass is 35.5. The van der Waals surface area contributed by atoms with Crippen LogP contribution in [-0.2, 0) is 0 Å². The molecule has 0 saturated carbocycles. The topological polar surface area (TPSA) is 91.8 Å². The van der Waals surface area contributed by atoms with Gasteiger partial charge in [-0.05, 0) is 24.3 Å². The van der Waals surface area contributed by atoms with Gasteiger partial charge in [-0.15, -0.1) is 0 Å². The average molecular weight is 273 g/mol. The van der Waals surface area contributed by atoms with Gasteiger partial charge < -0.3 is 11.1 Å². The molecule has 0 aliphatic heterocycles. The summed E-state index contributed by atoms with van der Waals surface area (Å²) in [5.74, 6) is -0.428. The summed E-state index contributed by atoms with van der Waals surface area (Å²) < 4.78 is 0. The first kappa shape index (κ1) is 12.9. The molecule has 0 aliphatic rings. The number of carbonyl (C=O) groups excluding carboxylic acids is 1. The van der Waals surface area contributed by atoms with E-state index in [0.29, 0.717) is 22.0 Å². The maximum absolute atomic E-state index is 12.0. The summed E-state index contributed by atoms with van der Waals surface area (Å²) in [5, 5.41) is 11.8. The number of nitrogens with one attached hydrogen (secondary N) is 1. The number of hydrogen-bond donors (Lipinski definition) is 2. The van der Waals surface area contributed by atoms with E-state index in [2.05, 4.69) is 10.3 Å². The number of benzene rings is 1. The molecule has 19 heavy (non-hydrogen) atoms.